The van der Waals surface area contributed by atoms with Crippen molar-refractivity contribution in [2.75, 3.05) is 58.7 Å². The molecule has 4 rings (SSSR count). The molecule has 2 aliphatic rings. The molecule has 24 nitrogen and oxygen atoms in total. The number of nitrogens with zero attached hydrogens (tertiary/aromatic N) is 3. The summed E-state index contributed by atoms with van der Waals surface area (Å²) in [4.78, 5) is 76.5. The fourth-order valence-electron chi connectivity index (χ4n) is 5.39. The Hall–Kier alpha value is -3.49. The minimum Gasteiger partial charge on any atom is -0.393 e. The maximum Gasteiger partial charge on any atom is 0.469 e. The van der Waals surface area contributed by atoms with Crippen molar-refractivity contribution in [3.63, 3.8) is 0 Å². The molecule has 2 saturated heterocycles. The summed E-state index contributed by atoms with van der Waals surface area (Å²) < 4.78 is 50.3. The molecule has 53 heavy (non-hydrogen) atoms. The number of nitrogen functional groups attached to an aromatic ring is 1. The van der Waals surface area contributed by atoms with Crippen LogP contribution in [-0.2, 0) is 51.9 Å². The first kappa shape index (κ1) is 42.3. The van der Waals surface area contributed by atoms with E-state index in [1.807, 2.05) is 0 Å². The average molecular weight is 782 g/mol. The van der Waals surface area contributed by atoms with Crippen LogP contribution in [0.25, 0.3) is 11.2 Å². The third kappa shape index (κ3) is 12.0. The van der Waals surface area contributed by atoms with E-state index in [1.54, 1.807) is 0 Å². The number of aromatic amines is 1. The number of H-pyrrole nitrogens is 1. The molecule has 0 radical (unpaired) electrons. The number of hydrogen-bond acceptors (Lipinski definition) is 18. The van der Waals surface area contributed by atoms with Gasteiger partial charge in [0.05, 0.1) is 39.4 Å². The molecule has 298 valence electrons. The number of phosphoric acid groups is 1. The van der Waals surface area contributed by atoms with Gasteiger partial charge in [0.1, 0.15) is 43.4 Å². The summed E-state index contributed by atoms with van der Waals surface area (Å²) in [7, 11) is -4.89. The number of carbonyl (C=O) groups is 3. The molecule has 0 unspecified atom stereocenters. The van der Waals surface area contributed by atoms with Gasteiger partial charge in [0.15, 0.2) is 29.5 Å². The Morgan fingerprint density at radius 3 is 2.57 bits per heavy atom. The van der Waals surface area contributed by atoms with E-state index < -0.39 is 87.4 Å². The predicted molar refractivity (Wildman–Crippen MR) is 174 cm³/mol. The number of fused-ring (bicyclic) bond motifs is 1. The number of nitrogens with two attached hydrogens (primary N) is 1. The number of aliphatic hydroxyl groups is 3. The van der Waals surface area contributed by atoms with Gasteiger partial charge in [-0.2, -0.15) is 4.98 Å². The lowest BCUT2D eigenvalue weighted by Crippen LogP contribution is -2.62. The summed E-state index contributed by atoms with van der Waals surface area (Å²) in [5.74, 6) is -1.73. The van der Waals surface area contributed by atoms with E-state index in [4.69, 9.17) is 43.9 Å². The van der Waals surface area contributed by atoms with Gasteiger partial charge in [-0.25, -0.2) is 9.55 Å². The number of ketones is 1. The number of imidazole rings is 1. The van der Waals surface area contributed by atoms with E-state index in [0.717, 1.165) is 0 Å². The molecule has 0 saturated carbocycles. The van der Waals surface area contributed by atoms with Crippen LogP contribution in [0.2, 0.25) is 0 Å². The zero-order chi connectivity index (χ0) is 38.7. The van der Waals surface area contributed by atoms with Crippen LogP contribution in [0.3, 0.4) is 0 Å². The smallest absolute Gasteiger partial charge is 0.393 e. The molecule has 2 aliphatic heterocycles. The van der Waals surface area contributed by atoms with E-state index in [0.29, 0.717) is 12.8 Å². The van der Waals surface area contributed by atoms with Crippen molar-refractivity contribution in [1.29, 1.82) is 0 Å². The van der Waals surface area contributed by atoms with Crippen molar-refractivity contribution in [3.8, 4) is 0 Å². The molecule has 25 heteroatoms. The molecular formula is C28H44N7O17P. The second-order valence-electron chi connectivity index (χ2n) is 11.8. The minimum atomic E-state index is -4.89. The number of phosphoric ester groups is 1. The van der Waals surface area contributed by atoms with Crippen LogP contribution in [0, 0.1) is 0 Å². The standard InChI is InChI=1S/C28H44N7O17P/c1-14(37)32-18-22(41)20(39)15(10-36)52-27(18)48-6-3-2-4-17(38)30-5-7-46-8-9-47-13-49-23-21(40)16(11-50-53(43,44)45)51-26(23)35-12-31-19-24(35)33-28(29)34-25(19)42/h12,15-16,18,21-23,26-27,36,40-41H,2-11,13H2,1H3,(H,30,38)(H,32,37)(H2,43,44,45)(H3,29,33,34,42)/t15-,16-,18-,21-,22-,23-,26-,27-/m1/s1. The molecule has 2 fully saturated rings. The molecule has 2 aromatic rings. The number of amides is 2. The highest BCUT2D eigenvalue weighted by Gasteiger charge is 2.47. The topological polar surface area (TPSA) is 348 Å². The third-order valence-electron chi connectivity index (χ3n) is 7.89. The van der Waals surface area contributed by atoms with Crippen LogP contribution in [-0.4, -0.2) is 158 Å². The van der Waals surface area contributed by atoms with Crippen molar-refractivity contribution >= 4 is 42.5 Å². The van der Waals surface area contributed by atoms with Crippen LogP contribution in [0.4, 0.5) is 5.95 Å². The van der Waals surface area contributed by atoms with Gasteiger partial charge in [0.2, 0.25) is 17.8 Å². The Morgan fingerprint density at radius 1 is 1.09 bits per heavy atom. The lowest BCUT2D eigenvalue weighted by molar-refractivity contribution is -0.228. The van der Waals surface area contributed by atoms with Crippen LogP contribution in [0.5, 0.6) is 0 Å². The quantitative estimate of drug-likeness (QED) is 0.0330. The lowest BCUT2D eigenvalue weighted by atomic mass is 9.98. The largest absolute Gasteiger partial charge is 0.469 e. The Balaban J connectivity index is 1.11. The van der Waals surface area contributed by atoms with Gasteiger partial charge in [-0.05, 0) is 12.8 Å². The van der Waals surface area contributed by atoms with Gasteiger partial charge >= 0.3 is 7.82 Å². The highest BCUT2D eigenvalue weighted by molar-refractivity contribution is 7.46. The van der Waals surface area contributed by atoms with Gasteiger partial charge < -0.3 is 69.9 Å². The van der Waals surface area contributed by atoms with Crippen LogP contribution >= 0.6 is 7.82 Å². The van der Waals surface area contributed by atoms with Gasteiger partial charge in [-0.1, -0.05) is 0 Å². The summed E-state index contributed by atoms with van der Waals surface area (Å²) in [6.07, 6.45) is -6.94. The van der Waals surface area contributed by atoms with Gasteiger partial charge in [0.25, 0.3) is 5.56 Å². The number of carbonyl (C=O) groups excluding carboxylic acids is 3. The van der Waals surface area contributed by atoms with Crippen LogP contribution < -0.4 is 21.9 Å². The number of anilines is 1. The fourth-order valence-corrected chi connectivity index (χ4v) is 5.73. The van der Waals surface area contributed by atoms with Crippen molar-refractivity contribution in [1.82, 2.24) is 30.2 Å². The summed E-state index contributed by atoms with van der Waals surface area (Å²) in [5.41, 5.74) is 4.96. The van der Waals surface area contributed by atoms with E-state index in [1.165, 1.54) is 17.8 Å². The number of hydrogen-bond donors (Lipinski definition) is 9. The normalized spacial score (nSPS) is 26.3. The van der Waals surface area contributed by atoms with Crippen molar-refractivity contribution in [2.45, 2.75) is 75.3 Å². The molecule has 0 bridgehead atoms. The number of aliphatic hydroxyl groups excluding tert-OH is 3. The first-order chi connectivity index (χ1) is 25.2. The fraction of sp³-hybridized carbons (Fsp3) is 0.714. The van der Waals surface area contributed by atoms with Gasteiger partial charge in [0, 0.05) is 26.5 Å². The summed E-state index contributed by atoms with van der Waals surface area (Å²) in [6, 6.07) is -1.15. The molecule has 0 aliphatic carbocycles. The predicted octanol–water partition coefficient (Wildman–Crippen LogP) is -4.10. The first-order valence-electron chi connectivity index (χ1n) is 16.4. The second kappa shape index (κ2) is 19.7. The molecule has 4 heterocycles. The monoisotopic (exact) mass is 781 g/mol. The molecule has 2 aromatic heterocycles. The van der Waals surface area contributed by atoms with Crippen molar-refractivity contribution < 1.29 is 77.0 Å². The van der Waals surface area contributed by atoms with Crippen LogP contribution in [0.15, 0.2) is 11.1 Å². The number of Topliss-reactive ketones (excluding diaryl/α,β-unsaturated/α-hetero) is 1. The van der Waals surface area contributed by atoms with Crippen molar-refractivity contribution in [2.24, 2.45) is 0 Å². The third-order valence-corrected chi connectivity index (χ3v) is 8.37. The Labute approximate surface area is 300 Å². The first-order valence-corrected chi connectivity index (χ1v) is 17.9. The number of ether oxygens (including phenoxy) is 6. The van der Waals surface area contributed by atoms with E-state index in [9.17, 15) is 39.1 Å². The molecule has 0 aromatic carbocycles. The number of unbranched alkanes of at least 4 members (excludes halogenated alkanes) is 1. The van der Waals surface area contributed by atoms with E-state index >= 15 is 0 Å². The number of aromatic nitrogens is 4. The molecule has 2 amide bonds. The summed E-state index contributed by atoms with van der Waals surface area (Å²) >= 11 is 0. The second-order valence-corrected chi connectivity index (χ2v) is 13.1. The molecular weight excluding hydrogens is 737 g/mol. The molecule has 0 spiro atoms. The molecule has 8 atom stereocenters. The Kier molecular flexibility index (Phi) is 15.7. The van der Waals surface area contributed by atoms with E-state index in [-0.39, 0.29) is 69.2 Å². The zero-order valence-electron chi connectivity index (χ0n) is 28.5. The zero-order valence-corrected chi connectivity index (χ0v) is 29.4. The summed E-state index contributed by atoms with van der Waals surface area (Å²) in [6.45, 7) is 0.105. The maximum absolute atomic E-state index is 12.2. The maximum atomic E-state index is 12.2. The summed E-state index contributed by atoms with van der Waals surface area (Å²) in [5, 5.41) is 35.5. The number of rotatable bonds is 21. The highest BCUT2D eigenvalue weighted by Crippen LogP contribution is 2.39. The Morgan fingerprint density at radius 2 is 1.85 bits per heavy atom. The molecule has 10 N–H and O–H groups in total. The highest BCUT2D eigenvalue weighted by atomic mass is 31.2. The van der Waals surface area contributed by atoms with Gasteiger partial charge in [-0.3, -0.25) is 33.3 Å². The average Bonchev–Trinajstić information content (AvgIpc) is 3.65. The lowest BCUT2D eigenvalue weighted by Gasteiger charge is -2.38. The SMILES string of the molecule is CC(=O)N[C@H]1[C@H](OCCCCC(=O)NCCOCCOCO[C@@H]2[C@H](O)[C@@H](COP(=O)(O)O)O[C@H]2n2cnc3c(=O)[nH]c(N)nc32)O[C@H](CO)C(=O)[C@@H]1O. The number of nitrogens with one attached hydrogen (secondary N) is 3. The van der Waals surface area contributed by atoms with Gasteiger partial charge in [-0.15, -0.1) is 0 Å². The minimum absolute atomic E-state index is 0.00508. The Bertz CT molecular complexity index is 1640. The van der Waals surface area contributed by atoms with Crippen LogP contribution in [0.1, 0.15) is 32.4 Å². The van der Waals surface area contributed by atoms with E-state index in [2.05, 4.69) is 30.1 Å². The van der Waals surface area contributed by atoms with Crippen molar-refractivity contribution in [3.05, 3.63) is 16.7 Å².